The van der Waals surface area contributed by atoms with Crippen LogP contribution in [0.15, 0.2) is 18.5 Å². The second-order valence-electron chi connectivity index (χ2n) is 4.04. The largest absolute Gasteiger partial charge is 0.383 e. The first-order valence-corrected chi connectivity index (χ1v) is 6.72. The Morgan fingerprint density at radius 1 is 1.14 bits per heavy atom. The monoisotopic (exact) mass is 290 g/mol. The van der Waals surface area contributed by atoms with Gasteiger partial charge in [0.05, 0.1) is 0 Å². The molecule has 21 heavy (non-hydrogen) atoms. The Morgan fingerprint density at radius 3 is 2.48 bits per heavy atom. The molecule has 2 aromatic heterocycles. The molecule has 0 fully saturated rings. The molecule has 8 heteroatoms. The number of aryl methyl sites for hydroxylation is 1. The van der Waals surface area contributed by atoms with Gasteiger partial charge in [-0.2, -0.15) is 9.97 Å². The summed E-state index contributed by atoms with van der Waals surface area (Å²) in [7, 11) is 1.80. The minimum Gasteiger partial charge on any atom is -0.383 e. The van der Waals surface area contributed by atoms with Gasteiger partial charge >= 0.3 is 0 Å². The van der Waals surface area contributed by atoms with Gasteiger partial charge < -0.3 is 22.1 Å². The molecule has 0 unspecified atom stereocenters. The maximum Gasteiger partial charge on any atom is 0.224 e. The van der Waals surface area contributed by atoms with Gasteiger partial charge in [-0.05, 0) is 19.4 Å². The Bertz CT molecular complexity index is 558. The average molecular weight is 290 g/mol. The lowest BCUT2D eigenvalue weighted by Crippen LogP contribution is -2.02. The second-order valence-corrected chi connectivity index (χ2v) is 4.04. The number of hydrogen-bond acceptors (Lipinski definition) is 8. The van der Waals surface area contributed by atoms with Crippen LogP contribution < -0.4 is 22.1 Å². The molecule has 0 aromatic carbocycles. The standard InChI is InChI=1S/C7H12N4.C6H10N4/c1-3-9-6-4-5-10-7(8-2)11-6;1-2-4-3-9-6(8)10-5(4)7/h4-5H,3H2,1-2H3,(H2,8,9,10,11);3H,2H2,1H3,(H4,7,8,9,10). The van der Waals surface area contributed by atoms with Gasteiger partial charge in [0, 0.05) is 31.5 Å². The third-order valence-electron chi connectivity index (χ3n) is 2.53. The zero-order chi connectivity index (χ0) is 15.7. The summed E-state index contributed by atoms with van der Waals surface area (Å²) in [4.78, 5) is 15.7. The van der Waals surface area contributed by atoms with E-state index in [1.165, 1.54) is 0 Å². The fourth-order valence-electron chi connectivity index (χ4n) is 1.47. The molecule has 0 saturated carbocycles. The van der Waals surface area contributed by atoms with Gasteiger partial charge in [-0.1, -0.05) is 6.92 Å². The van der Waals surface area contributed by atoms with Crippen LogP contribution in [-0.4, -0.2) is 33.5 Å². The van der Waals surface area contributed by atoms with Crippen molar-refractivity contribution >= 4 is 23.5 Å². The molecule has 0 aliphatic rings. The van der Waals surface area contributed by atoms with Gasteiger partial charge in [-0.3, -0.25) is 0 Å². The van der Waals surface area contributed by atoms with Gasteiger partial charge in [0.1, 0.15) is 11.6 Å². The summed E-state index contributed by atoms with van der Waals surface area (Å²) < 4.78 is 0. The van der Waals surface area contributed by atoms with Crippen molar-refractivity contribution < 1.29 is 0 Å². The average Bonchev–Trinajstić information content (AvgIpc) is 2.48. The zero-order valence-electron chi connectivity index (χ0n) is 12.6. The maximum absolute atomic E-state index is 5.50. The van der Waals surface area contributed by atoms with E-state index < -0.39 is 0 Å². The molecule has 6 N–H and O–H groups in total. The van der Waals surface area contributed by atoms with Crippen molar-refractivity contribution in [3.05, 3.63) is 24.0 Å². The van der Waals surface area contributed by atoms with E-state index >= 15 is 0 Å². The predicted octanol–water partition coefficient (Wildman–Crippen LogP) is 1.15. The lowest BCUT2D eigenvalue weighted by atomic mass is 10.2. The van der Waals surface area contributed by atoms with Crippen molar-refractivity contribution in [2.45, 2.75) is 20.3 Å². The summed E-state index contributed by atoms with van der Waals surface area (Å²) in [5, 5.41) is 5.95. The highest BCUT2D eigenvalue weighted by atomic mass is 15.1. The van der Waals surface area contributed by atoms with Crippen LogP contribution in [0, 0.1) is 0 Å². The lowest BCUT2D eigenvalue weighted by Gasteiger charge is -2.02. The van der Waals surface area contributed by atoms with Crippen LogP contribution in [0.4, 0.5) is 23.5 Å². The fraction of sp³-hybridized carbons (Fsp3) is 0.385. The van der Waals surface area contributed by atoms with Crippen molar-refractivity contribution in [1.82, 2.24) is 19.9 Å². The van der Waals surface area contributed by atoms with E-state index in [1.807, 2.05) is 19.9 Å². The number of nitrogen functional groups attached to an aromatic ring is 2. The van der Waals surface area contributed by atoms with E-state index in [2.05, 4.69) is 30.6 Å². The van der Waals surface area contributed by atoms with E-state index in [-0.39, 0.29) is 5.95 Å². The van der Waals surface area contributed by atoms with E-state index in [0.717, 1.165) is 24.3 Å². The summed E-state index contributed by atoms with van der Waals surface area (Å²) in [6.07, 6.45) is 4.21. The highest BCUT2D eigenvalue weighted by Gasteiger charge is 1.97. The van der Waals surface area contributed by atoms with Crippen LogP contribution in [0.5, 0.6) is 0 Å². The van der Waals surface area contributed by atoms with Gasteiger partial charge in [0.25, 0.3) is 0 Å². The Balaban J connectivity index is 0.000000211. The molecular formula is C13H22N8. The summed E-state index contributed by atoms with van der Waals surface area (Å²) in [6.45, 7) is 4.90. The molecule has 0 bridgehead atoms. The Hall–Kier alpha value is -2.64. The number of nitrogens with one attached hydrogen (secondary N) is 2. The number of hydrogen-bond donors (Lipinski definition) is 4. The number of nitrogens with zero attached hydrogens (tertiary/aromatic N) is 4. The number of rotatable bonds is 4. The predicted molar refractivity (Wildman–Crippen MR) is 86.0 cm³/mol. The highest BCUT2D eigenvalue weighted by Crippen LogP contribution is 2.07. The van der Waals surface area contributed by atoms with Crippen LogP contribution in [0.25, 0.3) is 0 Å². The number of nitrogens with two attached hydrogens (primary N) is 2. The SMILES string of the molecule is CCNc1ccnc(NC)n1.CCc1cnc(N)nc1N. The van der Waals surface area contributed by atoms with Gasteiger partial charge in [-0.25, -0.2) is 9.97 Å². The van der Waals surface area contributed by atoms with Crippen LogP contribution in [0.3, 0.4) is 0 Å². The third kappa shape index (κ3) is 5.47. The van der Waals surface area contributed by atoms with E-state index in [4.69, 9.17) is 11.5 Å². The maximum atomic E-state index is 5.50. The highest BCUT2D eigenvalue weighted by molar-refractivity contribution is 5.41. The molecule has 0 saturated heterocycles. The van der Waals surface area contributed by atoms with E-state index in [0.29, 0.717) is 11.8 Å². The van der Waals surface area contributed by atoms with Gasteiger partial charge in [0.15, 0.2) is 0 Å². The van der Waals surface area contributed by atoms with E-state index in [9.17, 15) is 0 Å². The van der Waals surface area contributed by atoms with Gasteiger partial charge in [0.2, 0.25) is 11.9 Å². The molecule has 2 rings (SSSR count). The van der Waals surface area contributed by atoms with Crippen molar-refractivity contribution in [3.63, 3.8) is 0 Å². The third-order valence-corrected chi connectivity index (χ3v) is 2.53. The first-order valence-electron chi connectivity index (χ1n) is 6.72. The van der Waals surface area contributed by atoms with Gasteiger partial charge in [-0.15, -0.1) is 0 Å². The Morgan fingerprint density at radius 2 is 1.90 bits per heavy atom. The molecule has 0 radical (unpaired) electrons. The fourth-order valence-corrected chi connectivity index (χ4v) is 1.47. The summed E-state index contributed by atoms with van der Waals surface area (Å²) in [5.74, 6) is 2.21. The second kappa shape index (κ2) is 8.51. The Kier molecular flexibility index (Phi) is 6.66. The van der Waals surface area contributed by atoms with Crippen molar-refractivity contribution in [3.8, 4) is 0 Å². The molecule has 114 valence electrons. The summed E-state index contributed by atoms with van der Waals surface area (Å²) in [6, 6.07) is 1.84. The summed E-state index contributed by atoms with van der Waals surface area (Å²) in [5.41, 5.74) is 11.7. The van der Waals surface area contributed by atoms with Crippen molar-refractivity contribution in [1.29, 1.82) is 0 Å². The number of aromatic nitrogens is 4. The topological polar surface area (TPSA) is 128 Å². The van der Waals surface area contributed by atoms with Crippen LogP contribution in [-0.2, 0) is 6.42 Å². The normalized spacial score (nSPS) is 9.48. The quantitative estimate of drug-likeness (QED) is 0.660. The molecule has 0 atom stereocenters. The molecule has 2 heterocycles. The minimum atomic E-state index is 0.231. The zero-order valence-corrected chi connectivity index (χ0v) is 12.6. The first kappa shape index (κ1) is 16.4. The van der Waals surface area contributed by atoms with Crippen molar-refractivity contribution in [2.75, 3.05) is 35.7 Å². The lowest BCUT2D eigenvalue weighted by molar-refractivity contribution is 1.06. The van der Waals surface area contributed by atoms with Crippen LogP contribution in [0.2, 0.25) is 0 Å². The van der Waals surface area contributed by atoms with Crippen LogP contribution in [0.1, 0.15) is 19.4 Å². The number of anilines is 4. The summed E-state index contributed by atoms with van der Waals surface area (Å²) >= 11 is 0. The minimum absolute atomic E-state index is 0.231. The molecule has 0 aliphatic heterocycles. The smallest absolute Gasteiger partial charge is 0.224 e. The first-order chi connectivity index (χ1) is 10.1. The molecule has 8 nitrogen and oxygen atoms in total. The molecule has 0 aliphatic carbocycles. The molecular weight excluding hydrogens is 268 g/mol. The molecule has 0 amide bonds. The Labute approximate surface area is 124 Å². The molecule has 2 aromatic rings. The van der Waals surface area contributed by atoms with Crippen LogP contribution >= 0.6 is 0 Å². The molecule has 0 spiro atoms. The van der Waals surface area contributed by atoms with E-state index in [1.54, 1.807) is 19.4 Å². The van der Waals surface area contributed by atoms with Crippen molar-refractivity contribution in [2.24, 2.45) is 0 Å².